The predicted molar refractivity (Wildman–Crippen MR) is 76.2 cm³/mol. The first-order chi connectivity index (χ1) is 10.3. The van der Waals surface area contributed by atoms with Gasteiger partial charge in [-0.25, -0.2) is 13.6 Å². The van der Waals surface area contributed by atoms with Crippen molar-refractivity contribution in [3.05, 3.63) is 35.4 Å². The Hall–Kier alpha value is -1.98. The predicted octanol–water partition coefficient (Wildman–Crippen LogP) is 2.68. The lowest BCUT2D eigenvalue weighted by atomic mass is 9.99. The van der Waals surface area contributed by atoms with Gasteiger partial charge in [-0.1, -0.05) is 26.3 Å². The van der Waals surface area contributed by atoms with Crippen LogP contribution in [0.5, 0.6) is 0 Å². The Kier molecular flexibility index (Phi) is 4.78. The molecule has 1 aromatic rings. The molecular weight excluding hydrogens is 292 g/mol. The number of carboxylic acid groups (broad SMARTS) is 1. The summed E-state index contributed by atoms with van der Waals surface area (Å²) in [5, 5.41) is 11.7. The van der Waals surface area contributed by atoms with Crippen LogP contribution in [0, 0.1) is 23.5 Å². The molecule has 1 aliphatic rings. The number of carbonyl (C=O) groups excluding carboxylic acids is 1. The van der Waals surface area contributed by atoms with Crippen LogP contribution >= 0.6 is 0 Å². The van der Waals surface area contributed by atoms with Gasteiger partial charge in [0.1, 0.15) is 17.7 Å². The summed E-state index contributed by atoms with van der Waals surface area (Å²) in [6.45, 7) is 3.60. The summed E-state index contributed by atoms with van der Waals surface area (Å²) in [5.41, 5.74) is 0.303. The molecule has 0 radical (unpaired) electrons. The Labute approximate surface area is 127 Å². The van der Waals surface area contributed by atoms with E-state index in [0.29, 0.717) is 18.4 Å². The minimum absolute atomic E-state index is 0.193. The molecule has 1 saturated carbocycles. The third-order valence-corrected chi connectivity index (χ3v) is 4.27. The van der Waals surface area contributed by atoms with E-state index in [9.17, 15) is 18.4 Å². The number of benzene rings is 1. The van der Waals surface area contributed by atoms with Crippen molar-refractivity contribution in [2.45, 2.75) is 38.6 Å². The Morgan fingerprint density at radius 3 is 2.64 bits per heavy atom. The maximum absolute atomic E-state index is 13.7. The van der Waals surface area contributed by atoms with Crippen LogP contribution < -0.4 is 5.32 Å². The summed E-state index contributed by atoms with van der Waals surface area (Å²) >= 11 is 0. The van der Waals surface area contributed by atoms with E-state index in [4.69, 9.17) is 5.11 Å². The van der Waals surface area contributed by atoms with Gasteiger partial charge >= 0.3 is 5.97 Å². The molecule has 0 heterocycles. The minimum atomic E-state index is -1.08. The van der Waals surface area contributed by atoms with Gasteiger partial charge in [-0.3, -0.25) is 4.79 Å². The number of nitrogens with one attached hydrogen (secondary N) is 1. The van der Waals surface area contributed by atoms with Crippen molar-refractivity contribution in [2.75, 3.05) is 0 Å². The molecule has 0 spiro atoms. The number of hydrogen-bond acceptors (Lipinski definition) is 2. The van der Waals surface area contributed by atoms with Gasteiger partial charge in [-0.05, 0) is 29.9 Å². The van der Waals surface area contributed by atoms with Crippen LogP contribution in [-0.2, 0) is 9.59 Å². The average molecular weight is 311 g/mol. The molecule has 4 atom stereocenters. The van der Waals surface area contributed by atoms with Crippen molar-refractivity contribution < 1.29 is 23.5 Å². The van der Waals surface area contributed by atoms with Gasteiger partial charge in [-0.15, -0.1) is 0 Å². The van der Waals surface area contributed by atoms with Gasteiger partial charge in [0, 0.05) is 12.0 Å². The van der Waals surface area contributed by atoms with Gasteiger partial charge in [0.25, 0.3) is 0 Å². The number of carboxylic acids is 1. The molecule has 2 N–H and O–H groups in total. The Bertz CT molecular complexity index is 591. The normalized spacial score (nSPS) is 22.7. The monoisotopic (exact) mass is 311 g/mol. The number of halogens is 2. The summed E-state index contributed by atoms with van der Waals surface area (Å²) in [6, 6.07) is 2.34. The molecule has 22 heavy (non-hydrogen) atoms. The van der Waals surface area contributed by atoms with Crippen molar-refractivity contribution in [1.29, 1.82) is 0 Å². The fourth-order valence-corrected chi connectivity index (χ4v) is 2.57. The second-order valence-corrected chi connectivity index (χ2v) is 5.82. The van der Waals surface area contributed by atoms with Crippen LogP contribution in [0.15, 0.2) is 18.2 Å². The lowest BCUT2D eigenvalue weighted by molar-refractivity contribution is -0.143. The summed E-state index contributed by atoms with van der Waals surface area (Å²) < 4.78 is 26.6. The lowest BCUT2D eigenvalue weighted by Crippen LogP contribution is -2.45. The van der Waals surface area contributed by atoms with Crippen LogP contribution in [0.3, 0.4) is 0 Å². The maximum atomic E-state index is 13.7. The molecule has 0 saturated heterocycles. The maximum Gasteiger partial charge on any atom is 0.326 e. The van der Waals surface area contributed by atoms with E-state index >= 15 is 0 Å². The van der Waals surface area contributed by atoms with Crippen LogP contribution in [0.2, 0.25) is 0 Å². The third kappa shape index (κ3) is 3.43. The first-order valence-electron chi connectivity index (χ1n) is 7.33. The molecule has 1 amide bonds. The molecule has 0 aliphatic heterocycles. The zero-order valence-electron chi connectivity index (χ0n) is 12.5. The van der Waals surface area contributed by atoms with Crippen molar-refractivity contribution in [3.8, 4) is 0 Å². The quantitative estimate of drug-likeness (QED) is 0.849. The summed E-state index contributed by atoms with van der Waals surface area (Å²) in [7, 11) is 0. The summed E-state index contributed by atoms with van der Waals surface area (Å²) in [4.78, 5) is 23.3. The van der Waals surface area contributed by atoms with Crippen molar-refractivity contribution in [1.82, 2.24) is 5.32 Å². The molecule has 2 rings (SSSR count). The van der Waals surface area contributed by atoms with Crippen LogP contribution in [0.1, 0.15) is 38.2 Å². The third-order valence-electron chi connectivity index (χ3n) is 4.27. The van der Waals surface area contributed by atoms with Crippen molar-refractivity contribution >= 4 is 11.9 Å². The second-order valence-electron chi connectivity index (χ2n) is 5.82. The van der Waals surface area contributed by atoms with Crippen molar-refractivity contribution in [2.24, 2.45) is 11.8 Å². The molecule has 0 bridgehead atoms. The molecule has 4 nitrogen and oxygen atoms in total. The Balaban J connectivity index is 2.02. The Morgan fingerprint density at radius 2 is 2.09 bits per heavy atom. The molecular formula is C16H19F2NO3. The molecule has 6 heteroatoms. The second kappa shape index (κ2) is 6.42. The van der Waals surface area contributed by atoms with E-state index in [2.05, 4.69) is 5.32 Å². The first-order valence-corrected chi connectivity index (χ1v) is 7.33. The summed E-state index contributed by atoms with van der Waals surface area (Å²) in [6.07, 6.45) is 1.07. The van der Waals surface area contributed by atoms with Crippen LogP contribution in [0.25, 0.3) is 0 Å². The van der Waals surface area contributed by atoms with E-state index in [1.165, 1.54) is 6.07 Å². The first kappa shape index (κ1) is 16.4. The van der Waals surface area contributed by atoms with Crippen molar-refractivity contribution in [3.63, 3.8) is 0 Å². The smallest absolute Gasteiger partial charge is 0.326 e. The van der Waals surface area contributed by atoms with Crippen LogP contribution in [0.4, 0.5) is 8.78 Å². The number of hydrogen-bond donors (Lipinski definition) is 2. The van der Waals surface area contributed by atoms with Gasteiger partial charge in [0.05, 0.1) is 0 Å². The largest absolute Gasteiger partial charge is 0.480 e. The highest BCUT2D eigenvalue weighted by molar-refractivity contribution is 5.87. The highest BCUT2D eigenvalue weighted by Crippen LogP contribution is 2.48. The SMILES string of the molecule is CC[C@H](C)[C@H](NC(=O)C1CC1c1ccc(F)cc1F)C(=O)O. The van der Waals surface area contributed by atoms with Gasteiger partial charge in [0.15, 0.2) is 0 Å². The van der Waals surface area contributed by atoms with E-state index in [1.54, 1.807) is 6.92 Å². The number of carbonyl (C=O) groups is 2. The fourth-order valence-electron chi connectivity index (χ4n) is 2.57. The average Bonchev–Trinajstić information content (AvgIpc) is 3.23. The highest BCUT2D eigenvalue weighted by Gasteiger charge is 2.46. The Morgan fingerprint density at radius 1 is 1.41 bits per heavy atom. The van der Waals surface area contributed by atoms with Gasteiger partial charge in [-0.2, -0.15) is 0 Å². The number of aliphatic carboxylic acids is 1. The van der Waals surface area contributed by atoms with Gasteiger partial charge < -0.3 is 10.4 Å². The molecule has 1 aromatic carbocycles. The topological polar surface area (TPSA) is 66.4 Å². The van der Waals surface area contributed by atoms with E-state index < -0.39 is 29.6 Å². The van der Waals surface area contributed by atoms with E-state index in [0.717, 1.165) is 12.1 Å². The molecule has 2 unspecified atom stereocenters. The highest BCUT2D eigenvalue weighted by atomic mass is 19.1. The van der Waals surface area contributed by atoms with Gasteiger partial charge in [0.2, 0.25) is 5.91 Å². The van der Waals surface area contributed by atoms with E-state index in [1.807, 2.05) is 6.92 Å². The van der Waals surface area contributed by atoms with Crippen LogP contribution in [-0.4, -0.2) is 23.0 Å². The zero-order valence-corrected chi connectivity index (χ0v) is 12.5. The molecule has 0 aromatic heterocycles. The molecule has 120 valence electrons. The van der Waals surface area contributed by atoms with E-state index in [-0.39, 0.29) is 17.7 Å². The summed E-state index contributed by atoms with van der Waals surface area (Å²) in [5.74, 6) is -3.75. The fraction of sp³-hybridized carbons (Fsp3) is 0.500. The number of rotatable bonds is 6. The number of amides is 1. The zero-order chi connectivity index (χ0) is 16.4. The minimum Gasteiger partial charge on any atom is -0.480 e. The molecule has 1 aliphatic carbocycles. The standard InChI is InChI=1S/C16H19F2NO3/c1-3-8(2)14(16(21)22)19-15(20)12-7-11(12)10-5-4-9(17)6-13(10)18/h4-6,8,11-12,14H,3,7H2,1-2H3,(H,19,20)(H,21,22)/t8-,11?,12?,14-/m0/s1. The molecule has 1 fully saturated rings. The lowest BCUT2D eigenvalue weighted by Gasteiger charge is -2.20.